The van der Waals surface area contributed by atoms with Crippen LogP contribution in [0.15, 0.2) is 47.3 Å². The second-order valence-electron chi connectivity index (χ2n) is 6.43. The number of halogens is 1. The van der Waals surface area contributed by atoms with Gasteiger partial charge in [0.25, 0.3) is 11.5 Å². The van der Waals surface area contributed by atoms with Crippen molar-refractivity contribution in [3.8, 4) is 0 Å². The molecule has 10 heteroatoms. The van der Waals surface area contributed by atoms with Crippen LogP contribution in [0.5, 0.6) is 0 Å². The van der Waals surface area contributed by atoms with E-state index in [0.29, 0.717) is 10.9 Å². The van der Waals surface area contributed by atoms with E-state index in [0.717, 1.165) is 6.07 Å². The van der Waals surface area contributed by atoms with Crippen LogP contribution in [-0.2, 0) is 9.59 Å². The zero-order valence-corrected chi connectivity index (χ0v) is 14.8. The number of hydrogen-bond donors (Lipinski definition) is 4. The van der Waals surface area contributed by atoms with E-state index < -0.39 is 35.0 Å². The van der Waals surface area contributed by atoms with Crippen molar-refractivity contribution in [1.29, 1.82) is 0 Å². The Kier molecular flexibility index (Phi) is 4.51. The van der Waals surface area contributed by atoms with Gasteiger partial charge in [0.2, 0.25) is 11.8 Å². The number of H-pyrrole nitrogens is 1. The Morgan fingerprint density at radius 3 is 2.62 bits per heavy atom. The molecular formula is C19H14FN5O4. The van der Waals surface area contributed by atoms with E-state index in [4.69, 9.17) is 0 Å². The monoisotopic (exact) mass is 395 g/mol. The molecule has 1 aromatic heterocycles. The number of hydrogen-bond acceptors (Lipinski definition) is 5. The number of carbonyl (C=O) groups excluding carboxylic acids is 3. The predicted molar refractivity (Wildman–Crippen MR) is 100 cm³/mol. The molecule has 4 rings (SSSR count). The number of aromatic nitrogens is 2. The largest absolute Gasteiger partial charge is 0.326 e. The molecule has 0 fully saturated rings. The maximum Gasteiger partial charge on any atom is 0.290 e. The zero-order valence-electron chi connectivity index (χ0n) is 14.8. The van der Waals surface area contributed by atoms with Crippen LogP contribution in [0.25, 0.3) is 10.8 Å². The molecule has 0 radical (unpaired) electrons. The van der Waals surface area contributed by atoms with Gasteiger partial charge in [-0.05, 0) is 23.8 Å². The third-order valence-electron chi connectivity index (χ3n) is 4.58. The summed E-state index contributed by atoms with van der Waals surface area (Å²) in [5.74, 6) is -3.28. The second kappa shape index (κ2) is 7.15. The van der Waals surface area contributed by atoms with Crippen molar-refractivity contribution in [1.82, 2.24) is 21.0 Å². The number of rotatable bonds is 2. The summed E-state index contributed by atoms with van der Waals surface area (Å²) in [6.45, 7) is 0. The molecule has 0 spiro atoms. The van der Waals surface area contributed by atoms with E-state index in [1.807, 2.05) is 0 Å². The first-order valence-corrected chi connectivity index (χ1v) is 8.61. The number of aromatic amines is 1. The minimum atomic E-state index is -0.903. The molecule has 0 saturated carbocycles. The lowest BCUT2D eigenvalue weighted by Gasteiger charge is -2.24. The molecule has 3 amide bonds. The number of hydrazine groups is 1. The Morgan fingerprint density at radius 1 is 1.07 bits per heavy atom. The number of fused-ring (bicyclic) bond motifs is 2. The standard InChI is InChI=1S/C19H14FN5O4/c20-9-5-6-10-13(8-15(26)21-14(10)7-9)18(28)24-25-19(29)16-11-3-1-2-4-12(11)17(27)23-22-16/h1-7,13H,8H2,(H,21,26)(H,23,27)(H,24,28)(H,25,29). The third kappa shape index (κ3) is 3.43. The summed E-state index contributed by atoms with van der Waals surface area (Å²) >= 11 is 0. The zero-order chi connectivity index (χ0) is 20.5. The van der Waals surface area contributed by atoms with Gasteiger partial charge in [-0.15, -0.1) is 0 Å². The first-order chi connectivity index (χ1) is 13.9. The summed E-state index contributed by atoms with van der Waals surface area (Å²) in [6.07, 6.45) is -0.153. The van der Waals surface area contributed by atoms with Crippen LogP contribution in [0.2, 0.25) is 0 Å². The molecule has 146 valence electrons. The average molecular weight is 395 g/mol. The van der Waals surface area contributed by atoms with Gasteiger partial charge in [0.1, 0.15) is 5.82 Å². The predicted octanol–water partition coefficient (Wildman–Crippen LogP) is 0.949. The number of carbonyl (C=O) groups is 3. The van der Waals surface area contributed by atoms with Gasteiger partial charge in [0.05, 0.1) is 11.3 Å². The van der Waals surface area contributed by atoms with E-state index in [-0.39, 0.29) is 23.2 Å². The van der Waals surface area contributed by atoms with Crippen LogP contribution in [0.4, 0.5) is 10.1 Å². The number of anilines is 1. The van der Waals surface area contributed by atoms with Crippen molar-refractivity contribution in [3.05, 3.63) is 69.9 Å². The van der Waals surface area contributed by atoms with Crippen molar-refractivity contribution in [2.45, 2.75) is 12.3 Å². The van der Waals surface area contributed by atoms with Crippen molar-refractivity contribution < 1.29 is 18.8 Å². The van der Waals surface area contributed by atoms with Gasteiger partial charge in [-0.1, -0.05) is 24.3 Å². The summed E-state index contributed by atoms with van der Waals surface area (Å²) in [4.78, 5) is 48.7. The minimum Gasteiger partial charge on any atom is -0.326 e. The molecule has 1 aliphatic heterocycles. The molecule has 0 bridgehead atoms. The molecule has 1 atom stereocenters. The normalized spacial score (nSPS) is 15.3. The van der Waals surface area contributed by atoms with Crippen LogP contribution >= 0.6 is 0 Å². The van der Waals surface area contributed by atoms with Crippen molar-refractivity contribution >= 4 is 34.2 Å². The van der Waals surface area contributed by atoms with E-state index >= 15 is 0 Å². The van der Waals surface area contributed by atoms with Gasteiger partial charge < -0.3 is 5.32 Å². The van der Waals surface area contributed by atoms with E-state index in [2.05, 4.69) is 26.4 Å². The fourth-order valence-electron chi connectivity index (χ4n) is 3.22. The molecular weight excluding hydrogens is 381 g/mol. The molecule has 1 unspecified atom stereocenters. The quantitative estimate of drug-likeness (QED) is 0.480. The molecule has 2 heterocycles. The molecule has 0 saturated heterocycles. The molecule has 9 nitrogen and oxygen atoms in total. The lowest BCUT2D eigenvalue weighted by molar-refractivity contribution is -0.126. The smallest absolute Gasteiger partial charge is 0.290 e. The van der Waals surface area contributed by atoms with Gasteiger partial charge in [-0.2, -0.15) is 5.10 Å². The second-order valence-corrected chi connectivity index (χ2v) is 6.43. The highest BCUT2D eigenvalue weighted by molar-refractivity contribution is 6.06. The van der Waals surface area contributed by atoms with E-state index in [1.54, 1.807) is 24.3 Å². The Labute approximate surface area is 162 Å². The van der Waals surface area contributed by atoms with E-state index in [1.165, 1.54) is 12.1 Å². The topological polar surface area (TPSA) is 133 Å². The summed E-state index contributed by atoms with van der Waals surface area (Å²) in [5.41, 5.74) is 4.62. The number of amides is 3. The first kappa shape index (κ1) is 18.3. The van der Waals surface area contributed by atoms with Gasteiger partial charge in [0.15, 0.2) is 5.69 Å². The van der Waals surface area contributed by atoms with Crippen LogP contribution in [0.1, 0.15) is 28.4 Å². The molecule has 1 aliphatic rings. The number of nitrogens with zero attached hydrogens (tertiary/aromatic N) is 1. The van der Waals surface area contributed by atoms with Crippen molar-refractivity contribution in [2.24, 2.45) is 0 Å². The first-order valence-electron chi connectivity index (χ1n) is 8.61. The lowest BCUT2D eigenvalue weighted by Crippen LogP contribution is -2.45. The third-order valence-corrected chi connectivity index (χ3v) is 4.58. The van der Waals surface area contributed by atoms with Gasteiger partial charge in [-0.25, -0.2) is 9.49 Å². The Balaban J connectivity index is 1.54. The highest BCUT2D eigenvalue weighted by Crippen LogP contribution is 2.32. The van der Waals surface area contributed by atoms with E-state index in [9.17, 15) is 23.6 Å². The molecule has 29 heavy (non-hydrogen) atoms. The highest BCUT2D eigenvalue weighted by Gasteiger charge is 2.31. The Hall–Kier alpha value is -4.08. The van der Waals surface area contributed by atoms with Gasteiger partial charge in [-0.3, -0.25) is 30.0 Å². The van der Waals surface area contributed by atoms with Gasteiger partial charge >= 0.3 is 0 Å². The fraction of sp³-hybridized carbons (Fsp3) is 0.105. The SMILES string of the molecule is O=C1CC(C(=O)NNC(=O)c2n[nH]c(=O)c3ccccc23)c2ccc(F)cc2N1. The van der Waals surface area contributed by atoms with Crippen LogP contribution in [-0.4, -0.2) is 27.9 Å². The molecule has 3 aromatic rings. The van der Waals surface area contributed by atoms with Crippen LogP contribution in [0, 0.1) is 5.82 Å². The Morgan fingerprint density at radius 2 is 1.83 bits per heavy atom. The molecule has 4 N–H and O–H groups in total. The molecule has 2 aromatic carbocycles. The molecule has 0 aliphatic carbocycles. The van der Waals surface area contributed by atoms with Crippen LogP contribution < -0.4 is 21.7 Å². The maximum absolute atomic E-state index is 13.4. The van der Waals surface area contributed by atoms with Gasteiger partial charge in [0, 0.05) is 17.5 Å². The summed E-state index contributed by atoms with van der Waals surface area (Å²) in [6, 6.07) is 10.1. The summed E-state index contributed by atoms with van der Waals surface area (Å²) in [5, 5.41) is 9.09. The summed E-state index contributed by atoms with van der Waals surface area (Å²) in [7, 11) is 0. The average Bonchev–Trinajstić information content (AvgIpc) is 2.71. The van der Waals surface area contributed by atoms with Crippen molar-refractivity contribution in [2.75, 3.05) is 5.32 Å². The minimum absolute atomic E-state index is 0.0793. The summed E-state index contributed by atoms with van der Waals surface area (Å²) < 4.78 is 13.4. The van der Waals surface area contributed by atoms with Crippen molar-refractivity contribution in [3.63, 3.8) is 0 Å². The Bertz CT molecular complexity index is 1220. The van der Waals surface area contributed by atoms with Crippen LogP contribution in [0.3, 0.4) is 0 Å². The number of benzene rings is 2. The highest BCUT2D eigenvalue weighted by atomic mass is 19.1. The number of nitrogens with one attached hydrogen (secondary N) is 4. The maximum atomic E-state index is 13.4. The lowest BCUT2D eigenvalue weighted by atomic mass is 9.90. The fourth-order valence-corrected chi connectivity index (χ4v) is 3.22.